The van der Waals surface area contributed by atoms with E-state index in [1.54, 1.807) is 0 Å². The Labute approximate surface area is 217 Å². The Hall–Kier alpha value is -0.735. The molecule has 0 amide bonds. The van der Waals surface area contributed by atoms with Gasteiger partial charge in [0.1, 0.15) is 0 Å². The number of carbonyl (C=O) groups is 1. The molecule has 0 N–H and O–H groups in total. The minimum Gasteiger partial charge on any atom is -0.652 e. The molecule has 156 valence electrons. The number of likely N-dealkylation sites (N-methyl/N-ethyl adjacent to an activating group) is 1. The van der Waals surface area contributed by atoms with Crippen molar-refractivity contribution in [2.45, 2.75) is 16.2 Å². The van der Waals surface area contributed by atoms with Crippen LogP contribution in [0.1, 0.15) is 6.42 Å². The van der Waals surface area contributed by atoms with Crippen molar-refractivity contribution in [3.8, 4) is 0 Å². The molecule has 0 bridgehead atoms. The molecule has 1 fully saturated rings. The molecular formula is C21H24ClLi2N3O3S. The first-order valence-electron chi connectivity index (χ1n) is 9.57. The number of hydrogen-bond acceptors (Lipinski definition) is 7. The van der Waals surface area contributed by atoms with Crippen LogP contribution < -0.4 is 52.8 Å². The largest absolute Gasteiger partial charge is 1.00 e. The molecule has 2 heterocycles. The number of halogens is 1. The Morgan fingerprint density at radius 3 is 2.26 bits per heavy atom. The van der Waals surface area contributed by atoms with E-state index < -0.39 is 6.16 Å². The summed E-state index contributed by atoms with van der Waals surface area (Å²) in [7, 11) is 2.21. The summed E-state index contributed by atoms with van der Waals surface area (Å²) in [6.45, 7) is 6.92. The topological polar surface area (TPSA) is 72.9 Å². The smallest absolute Gasteiger partial charge is 0.652 e. The summed E-state index contributed by atoms with van der Waals surface area (Å²) in [4.78, 5) is 18.4. The Morgan fingerprint density at radius 2 is 1.58 bits per heavy atom. The first-order valence-corrected chi connectivity index (χ1v) is 10.8. The number of piperazine rings is 1. The van der Waals surface area contributed by atoms with Crippen LogP contribution in [0.3, 0.4) is 0 Å². The van der Waals surface area contributed by atoms with E-state index in [9.17, 15) is 0 Å². The summed E-state index contributed by atoms with van der Waals surface area (Å²) in [5, 5.41) is 17.5. The van der Waals surface area contributed by atoms with Gasteiger partial charge < -0.3 is 29.7 Å². The molecule has 2 aliphatic rings. The maximum absolute atomic E-state index is 8.33. The van der Waals surface area contributed by atoms with Crippen molar-refractivity contribution in [2.24, 2.45) is 0 Å². The van der Waals surface area contributed by atoms with Crippen LogP contribution in [0.5, 0.6) is 0 Å². The van der Waals surface area contributed by atoms with Crippen molar-refractivity contribution >= 4 is 40.9 Å². The van der Waals surface area contributed by atoms with Crippen LogP contribution in [-0.4, -0.2) is 62.3 Å². The summed E-state index contributed by atoms with van der Waals surface area (Å²) in [6.07, 6.45) is -1.17. The SMILES string of the molecule is CN1CCN(CCCN2c3ccccc3Sc3ccc(Cl)cc32)CC1.O=C([O-])[O-].[Li+].[Li+]. The van der Waals surface area contributed by atoms with Gasteiger partial charge in [-0.2, -0.15) is 0 Å². The molecule has 0 spiro atoms. The number of carbonyl (C=O) groups excluding carboxylic acids is 1. The number of rotatable bonds is 4. The number of carboxylic acid groups (broad SMARTS) is 2. The molecule has 6 nitrogen and oxygen atoms in total. The second-order valence-corrected chi connectivity index (χ2v) is 8.60. The minimum absolute atomic E-state index is 0. The van der Waals surface area contributed by atoms with Crippen molar-refractivity contribution < 1.29 is 52.7 Å². The fourth-order valence-corrected chi connectivity index (χ4v) is 4.81. The van der Waals surface area contributed by atoms with Gasteiger partial charge in [0.2, 0.25) is 0 Å². The van der Waals surface area contributed by atoms with Gasteiger partial charge >= 0.3 is 37.7 Å². The molecule has 2 aliphatic heterocycles. The third-order valence-corrected chi connectivity index (χ3v) is 6.41. The fraction of sp³-hybridized carbons (Fsp3) is 0.381. The molecule has 0 aromatic heterocycles. The van der Waals surface area contributed by atoms with Gasteiger partial charge in [-0.15, -0.1) is 0 Å². The van der Waals surface area contributed by atoms with Crippen molar-refractivity contribution in [1.29, 1.82) is 0 Å². The van der Waals surface area contributed by atoms with Crippen LogP contribution in [0.15, 0.2) is 52.3 Å². The standard InChI is InChI=1S/C20H24ClN3S.CH2O3.2Li/c1-22-11-13-23(14-12-22)9-4-10-24-17-5-2-3-6-19(17)25-20-8-7-16(21)15-18(20)24;2-1(3)4;;/h2-3,5-8,15H,4,9-14H2,1H3;(H2,2,3,4);;/q;;2*+1/p-2. The summed E-state index contributed by atoms with van der Waals surface area (Å²) in [5.41, 5.74) is 2.55. The fourth-order valence-electron chi connectivity index (χ4n) is 3.57. The van der Waals surface area contributed by atoms with E-state index in [2.05, 4.69) is 58.1 Å². The van der Waals surface area contributed by atoms with Gasteiger partial charge in [0, 0.05) is 47.5 Å². The number of para-hydroxylation sites is 1. The van der Waals surface area contributed by atoms with Gasteiger partial charge in [-0.1, -0.05) is 35.5 Å². The third-order valence-electron chi connectivity index (χ3n) is 5.04. The van der Waals surface area contributed by atoms with Gasteiger partial charge in [-0.05, 0) is 56.5 Å². The molecule has 10 heteroatoms. The Bertz CT molecular complexity index is 850. The third kappa shape index (κ3) is 8.28. The second kappa shape index (κ2) is 13.7. The van der Waals surface area contributed by atoms with Crippen molar-refractivity contribution in [1.82, 2.24) is 9.80 Å². The van der Waals surface area contributed by atoms with Gasteiger partial charge in [0.25, 0.3) is 0 Å². The van der Waals surface area contributed by atoms with Crippen LogP contribution in [0.4, 0.5) is 16.2 Å². The van der Waals surface area contributed by atoms with E-state index in [0.29, 0.717) is 0 Å². The molecule has 0 saturated carbocycles. The van der Waals surface area contributed by atoms with Crippen LogP contribution in [0.25, 0.3) is 0 Å². The number of hydrogen-bond donors (Lipinski definition) is 0. The molecule has 0 aliphatic carbocycles. The molecule has 4 rings (SSSR count). The number of fused-ring (bicyclic) bond motifs is 2. The van der Waals surface area contributed by atoms with Crippen LogP contribution in [-0.2, 0) is 0 Å². The summed E-state index contributed by atoms with van der Waals surface area (Å²) in [5.74, 6) is 0. The van der Waals surface area contributed by atoms with Gasteiger partial charge in [-0.25, -0.2) is 0 Å². The molecular weight excluding hydrogens is 424 g/mol. The normalized spacial score (nSPS) is 15.4. The number of anilines is 2. The maximum Gasteiger partial charge on any atom is 1.00 e. The van der Waals surface area contributed by atoms with Crippen molar-refractivity contribution in [2.75, 3.05) is 51.2 Å². The molecule has 31 heavy (non-hydrogen) atoms. The molecule has 0 atom stereocenters. The first kappa shape index (κ1) is 28.3. The second-order valence-electron chi connectivity index (χ2n) is 7.08. The monoisotopic (exact) mass is 447 g/mol. The van der Waals surface area contributed by atoms with E-state index in [1.165, 1.54) is 47.3 Å². The van der Waals surface area contributed by atoms with Gasteiger partial charge in [-0.3, -0.25) is 0 Å². The number of nitrogens with zero attached hydrogens (tertiary/aromatic N) is 3. The zero-order valence-corrected chi connectivity index (χ0v) is 19.9. The average Bonchev–Trinajstić information content (AvgIpc) is 2.69. The molecule has 1 saturated heterocycles. The average molecular weight is 448 g/mol. The van der Waals surface area contributed by atoms with E-state index in [0.717, 1.165) is 24.5 Å². The first-order chi connectivity index (χ1) is 13.9. The summed E-state index contributed by atoms with van der Waals surface area (Å²) < 4.78 is 0. The Morgan fingerprint density at radius 1 is 0.968 bits per heavy atom. The van der Waals surface area contributed by atoms with E-state index in [4.69, 9.17) is 26.6 Å². The van der Waals surface area contributed by atoms with E-state index in [1.807, 2.05) is 17.8 Å². The van der Waals surface area contributed by atoms with Gasteiger partial charge in [0.15, 0.2) is 0 Å². The predicted octanol–water partition coefficient (Wildman–Crippen LogP) is -3.86. The van der Waals surface area contributed by atoms with Crippen LogP contribution in [0.2, 0.25) is 5.02 Å². The predicted molar refractivity (Wildman–Crippen MR) is 113 cm³/mol. The maximum atomic E-state index is 8.33. The van der Waals surface area contributed by atoms with Gasteiger partial charge in [0.05, 0.1) is 11.4 Å². The zero-order valence-electron chi connectivity index (χ0n) is 18.3. The van der Waals surface area contributed by atoms with E-state index >= 15 is 0 Å². The summed E-state index contributed by atoms with van der Waals surface area (Å²) >= 11 is 8.13. The van der Waals surface area contributed by atoms with Crippen molar-refractivity contribution in [3.05, 3.63) is 47.5 Å². The summed E-state index contributed by atoms with van der Waals surface area (Å²) in [6, 6.07) is 14.9. The van der Waals surface area contributed by atoms with Crippen LogP contribution in [0, 0.1) is 0 Å². The molecule has 2 aromatic rings. The Balaban J connectivity index is 0.000000741. The zero-order chi connectivity index (χ0) is 20.8. The number of benzene rings is 2. The minimum atomic E-state index is -2.33. The van der Waals surface area contributed by atoms with E-state index in [-0.39, 0.29) is 37.7 Å². The molecule has 0 unspecified atom stereocenters. The molecule has 0 radical (unpaired) electrons. The Kier molecular flexibility index (Phi) is 12.5. The quantitative estimate of drug-likeness (QED) is 0.444. The van der Waals surface area contributed by atoms with Crippen LogP contribution >= 0.6 is 23.4 Å². The molecule has 2 aromatic carbocycles. The van der Waals surface area contributed by atoms with Crippen molar-refractivity contribution in [3.63, 3.8) is 0 Å².